The largest absolute Gasteiger partial charge is 0.393 e. The quantitative estimate of drug-likeness (QED) is 0.457. The zero-order valence-electron chi connectivity index (χ0n) is 20.7. The molecule has 0 saturated heterocycles. The number of allylic oxidation sites excluding steroid dienone is 4. The average Bonchev–Trinajstić information content (AvgIpc) is 3.05. The van der Waals surface area contributed by atoms with Crippen LogP contribution >= 0.6 is 0 Å². The first-order valence-corrected chi connectivity index (χ1v) is 13.2. The van der Waals surface area contributed by atoms with Crippen molar-refractivity contribution < 1.29 is 5.11 Å². The van der Waals surface area contributed by atoms with Gasteiger partial charge >= 0.3 is 0 Å². The van der Waals surface area contributed by atoms with Crippen LogP contribution in [0, 0.1) is 52.3 Å². The third-order valence-electron chi connectivity index (χ3n) is 10.6. The molecule has 0 aromatic carbocycles. The summed E-state index contributed by atoms with van der Waals surface area (Å²) in [5.41, 5.74) is 2.31. The topological polar surface area (TPSA) is 20.2 Å². The van der Waals surface area contributed by atoms with E-state index in [9.17, 15) is 5.11 Å². The molecule has 0 aliphatic heterocycles. The predicted octanol–water partition coefficient (Wildman–Crippen LogP) is 7.80. The molecule has 3 saturated carbocycles. The summed E-state index contributed by atoms with van der Waals surface area (Å²) < 4.78 is 0. The molecule has 10 atom stereocenters. The van der Waals surface area contributed by atoms with Crippen molar-refractivity contribution in [3.63, 3.8) is 0 Å². The van der Waals surface area contributed by atoms with Crippen LogP contribution in [0.1, 0.15) is 99.3 Å². The minimum Gasteiger partial charge on any atom is -0.393 e. The fourth-order valence-corrected chi connectivity index (χ4v) is 9.01. The fourth-order valence-electron chi connectivity index (χ4n) is 9.01. The molecule has 1 heteroatoms. The van der Waals surface area contributed by atoms with Crippen molar-refractivity contribution in [2.24, 2.45) is 52.3 Å². The molecule has 0 radical (unpaired) electrons. The number of hydrogen-bond donors (Lipinski definition) is 1. The van der Waals surface area contributed by atoms with Crippen LogP contribution in [0.4, 0.5) is 0 Å². The number of aliphatic hydroxyl groups excluding tert-OH is 1. The monoisotopic (exact) mass is 412 g/mol. The lowest BCUT2D eigenvalue weighted by atomic mass is 9.46. The smallest absolute Gasteiger partial charge is 0.0543 e. The van der Waals surface area contributed by atoms with Crippen molar-refractivity contribution in [3.05, 3.63) is 23.8 Å². The summed E-state index contributed by atoms with van der Waals surface area (Å²) in [5, 5.41) is 10.3. The van der Waals surface area contributed by atoms with Gasteiger partial charge in [0.1, 0.15) is 0 Å². The van der Waals surface area contributed by atoms with E-state index in [1.165, 1.54) is 50.5 Å². The van der Waals surface area contributed by atoms with Crippen LogP contribution in [0.2, 0.25) is 0 Å². The Balaban J connectivity index is 1.54. The van der Waals surface area contributed by atoms with Crippen LogP contribution in [-0.4, -0.2) is 11.2 Å². The first-order valence-electron chi connectivity index (χ1n) is 13.2. The van der Waals surface area contributed by atoms with E-state index in [2.05, 4.69) is 59.8 Å². The van der Waals surface area contributed by atoms with E-state index in [-0.39, 0.29) is 6.10 Å². The maximum Gasteiger partial charge on any atom is 0.0543 e. The molecule has 3 fully saturated rings. The van der Waals surface area contributed by atoms with Crippen molar-refractivity contribution >= 4 is 0 Å². The number of fused-ring (bicyclic) bond motifs is 5. The van der Waals surface area contributed by atoms with Gasteiger partial charge in [0.25, 0.3) is 0 Å². The molecule has 0 heterocycles. The number of aliphatic hydroxyl groups is 1. The zero-order chi connectivity index (χ0) is 21.7. The number of hydrogen-bond acceptors (Lipinski definition) is 1. The lowest BCUT2D eigenvalue weighted by Crippen LogP contribution is -2.52. The summed E-state index contributed by atoms with van der Waals surface area (Å²) in [7, 11) is 0. The molecule has 0 bridgehead atoms. The highest BCUT2D eigenvalue weighted by molar-refractivity contribution is 5.21. The highest BCUT2D eigenvalue weighted by Crippen LogP contribution is 2.66. The predicted molar refractivity (Wildman–Crippen MR) is 128 cm³/mol. The molecule has 170 valence electrons. The molecule has 4 aliphatic rings. The van der Waals surface area contributed by atoms with Gasteiger partial charge in [-0.15, -0.1) is 0 Å². The normalized spacial score (nSPS) is 47.0. The molecule has 1 N–H and O–H groups in total. The molecule has 4 aliphatic carbocycles. The summed E-state index contributed by atoms with van der Waals surface area (Å²) >= 11 is 0. The second-order valence-corrected chi connectivity index (χ2v) is 12.5. The Bertz CT molecular complexity index is 672. The Morgan fingerprint density at radius 1 is 1.13 bits per heavy atom. The van der Waals surface area contributed by atoms with Gasteiger partial charge in [-0.3, -0.25) is 0 Å². The maximum atomic E-state index is 10.3. The van der Waals surface area contributed by atoms with E-state index in [0.717, 1.165) is 54.3 Å². The zero-order valence-corrected chi connectivity index (χ0v) is 20.7. The van der Waals surface area contributed by atoms with E-state index in [0.29, 0.717) is 10.8 Å². The van der Waals surface area contributed by atoms with E-state index in [1.807, 2.05) is 0 Å². The summed E-state index contributed by atoms with van der Waals surface area (Å²) in [6, 6.07) is 0. The van der Waals surface area contributed by atoms with Gasteiger partial charge in [-0.25, -0.2) is 0 Å². The first-order chi connectivity index (χ1) is 14.2. The van der Waals surface area contributed by atoms with Gasteiger partial charge in [-0.05, 0) is 124 Å². The summed E-state index contributed by atoms with van der Waals surface area (Å²) in [6.45, 7) is 14.6. The Kier molecular flexibility index (Phi) is 6.35. The SMILES string of the molecule is CC[C@H](C=C(C)C)C[C@@H](C)[C@H]1CC[C@H]2[C@@H]3CC[C@H]4C[C@@H](O)CC[C@]4(C)[C@H]3C=C[C@]12C. The molecule has 0 aromatic heterocycles. The number of rotatable bonds is 5. The first kappa shape index (κ1) is 22.6. The molecule has 0 amide bonds. The lowest BCUT2D eigenvalue weighted by Gasteiger charge is -2.59. The molecule has 0 aromatic rings. The minimum absolute atomic E-state index is 0.0403. The van der Waals surface area contributed by atoms with Gasteiger partial charge in [0.2, 0.25) is 0 Å². The maximum absolute atomic E-state index is 10.3. The molecular formula is C29H48O. The fraction of sp³-hybridized carbons (Fsp3) is 0.862. The summed E-state index contributed by atoms with van der Waals surface area (Å²) in [5.74, 6) is 5.65. The highest BCUT2D eigenvalue weighted by atomic mass is 16.3. The third-order valence-corrected chi connectivity index (χ3v) is 10.6. The van der Waals surface area contributed by atoms with Gasteiger partial charge in [0, 0.05) is 0 Å². The molecular weight excluding hydrogens is 364 g/mol. The molecule has 1 nitrogen and oxygen atoms in total. The van der Waals surface area contributed by atoms with Crippen molar-refractivity contribution in [1.29, 1.82) is 0 Å². The van der Waals surface area contributed by atoms with E-state index < -0.39 is 0 Å². The van der Waals surface area contributed by atoms with Crippen LogP contribution < -0.4 is 0 Å². The van der Waals surface area contributed by atoms with Crippen LogP contribution in [0.15, 0.2) is 23.8 Å². The molecule has 0 spiro atoms. The second-order valence-electron chi connectivity index (χ2n) is 12.5. The molecule has 4 rings (SSSR count). The van der Waals surface area contributed by atoms with Gasteiger partial charge < -0.3 is 5.11 Å². The van der Waals surface area contributed by atoms with Crippen molar-refractivity contribution in [1.82, 2.24) is 0 Å². The average molecular weight is 413 g/mol. The lowest BCUT2D eigenvalue weighted by molar-refractivity contribution is -0.0822. The summed E-state index contributed by atoms with van der Waals surface area (Å²) in [4.78, 5) is 0. The van der Waals surface area contributed by atoms with Crippen LogP contribution in [-0.2, 0) is 0 Å². The van der Waals surface area contributed by atoms with Crippen LogP contribution in [0.3, 0.4) is 0 Å². The van der Waals surface area contributed by atoms with Gasteiger partial charge in [0.05, 0.1) is 6.10 Å². The Morgan fingerprint density at radius 2 is 1.90 bits per heavy atom. The summed E-state index contributed by atoms with van der Waals surface area (Å²) in [6.07, 6.45) is 19.5. The minimum atomic E-state index is -0.0403. The van der Waals surface area contributed by atoms with Gasteiger partial charge in [0.15, 0.2) is 0 Å². The highest BCUT2D eigenvalue weighted by Gasteiger charge is 2.58. The van der Waals surface area contributed by atoms with E-state index in [4.69, 9.17) is 0 Å². The Hall–Kier alpha value is -0.560. The second kappa shape index (κ2) is 8.42. The molecule has 0 unspecified atom stereocenters. The Labute approximate surface area is 186 Å². The Morgan fingerprint density at radius 3 is 2.60 bits per heavy atom. The van der Waals surface area contributed by atoms with Crippen molar-refractivity contribution in [2.45, 2.75) is 105 Å². The van der Waals surface area contributed by atoms with Crippen molar-refractivity contribution in [3.8, 4) is 0 Å². The molecule has 30 heavy (non-hydrogen) atoms. The van der Waals surface area contributed by atoms with Gasteiger partial charge in [-0.1, -0.05) is 51.5 Å². The van der Waals surface area contributed by atoms with Gasteiger partial charge in [-0.2, -0.15) is 0 Å². The van der Waals surface area contributed by atoms with Crippen LogP contribution in [0.5, 0.6) is 0 Å². The van der Waals surface area contributed by atoms with E-state index >= 15 is 0 Å². The third kappa shape index (κ3) is 3.76. The van der Waals surface area contributed by atoms with Crippen molar-refractivity contribution in [2.75, 3.05) is 0 Å². The van der Waals surface area contributed by atoms with E-state index in [1.54, 1.807) is 0 Å². The van der Waals surface area contributed by atoms with Crippen LogP contribution in [0.25, 0.3) is 0 Å². The standard InChI is InChI=1S/C29H48O/c1-7-21(16-19(2)3)17-20(4)25-10-11-26-24-9-8-22-18-23(30)12-14-28(22,5)27(24)13-15-29(25,26)6/h13,15-16,20-27,30H,7-12,14,17-18H2,1-6H3/t20-,21-,22+,23+,24+,25-,26+,27+,28+,29-/m1/s1.